The molecule has 176 valence electrons. The van der Waals surface area contributed by atoms with Crippen molar-refractivity contribution in [3.63, 3.8) is 0 Å². The maximum absolute atomic E-state index is 13.0. The average molecular weight is 461 g/mol. The Hall–Kier alpha value is -3.07. The number of alkyl halides is 3. The minimum atomic E-state index is -4.44. The molecule has 2 aromatic carbocycles. The SMILES string of the molecule is Cc1cc(N2CCOCC2)ccc1NC(=O)C1CC(=O)N(Cc2cccc(C(F)(F)F)c2)C1. The molecule has 0 aliphatic carbocycles. The largest absolute Gasteiger partial charge is 0.416 e. The van der Waals surface area contributed by atoms with E-state index in [0.29, 0.717) is 24.5 Å². The van der Waals surface area contributed by atoms with Crippen molar-refractivity contribution in [1.82, 2.24) is 4.90 Å². The van der Waals surface area contributed by atoms with Crippen LogP contribution in [0.5, 0.6) is 0 Å². The van der Waals surface area contributed by atoms with Crippen LogP contribution >= 0.6 is 0 Å². The van der Waals surface area contributed by atoms with Crippen molar-refractivity contribution < 1.29 is 27.5 Å². The molecule has 2 heterocycles. The molecule has 0 aromatic heterocycles. The Kier molecular flexibility index (Phi) is 6.60. The third kappa shape index (κ3) is 5.47. The second-order valence-electron chi connectivity index (χ2n) is 8.46. The molecule has 4 rings (SSSR count). The molecular weight excluding hydrogens is 435 g/mol. The van der Waals surface area contributed by atoms with Crippen LogP contribution in [0.3, 0.4) is 0 Å². The molecule has 0 radical (unpaired) electrons. The Morgan fingerprint density at radius 1 is 1.15 bits per heavy atom. The van der Waals surface area contributed by atoms with E-state index in [0.717, 1.165) is 36.5 Å². The number of likely N-dealkylation sites (tertiary alicyclic amines) is 1. The first-order valence-corrected chi connectivity index (χ1v) is 10.9. The molecule has 2 aliphatic rings. The predicted molar refractivity (Wildman–Crippen MR) is 118 cm³/mol. The summed E-state index contributed by atoms with van der Waals surface area (Å²) in [6, 6.07) is 10.7. The van der Waals surface area contributed by atoms with E-state index in [9.17, 15) is 22.8 Å². The zero-order chi connectivity index (χ0) is 23.6. The maximum atomic E-state index is 13.0. The number of aryl methyl sites for hydroxylation is 1. The summed E-state index contributed by atoms with van der Waals surface area (Å²) in [7, 11) is 0. The standard InChI is InChI=1S/C24H26F3N3O3/c1-16-11-20(29-7-9-33-10-8-29)5-6-21(16)28-23(32)18-13-22(31)30(15-18)14-17-3-2-4-19(12-17)24(25,26)27/h2-6,11-12,18H,7-10,13-15H2,1H3,(H,28,32). The number of nitrogens with one attached hydrogen (secondary N) is 1. The lowest BCUT2D eigenvalue weighted by molar-refractivity contribution is -0.137. The molecular formula is C24H26F3N3O3. The Labute approximate surface area is 190 Å². The van der Waals surface area contributed by atoms with Crippen LogP contribution in [0.2, 0.25) is 0 Å². The van der Waals surface area contributed by atoms with Crippen LogP contribution in [-0.2, 0) is 27.0 Å². The van der Waals surface area contributed by atoms with Crippen LogP contribution in [0.25, 0.3) is 0 Å². The molecule has 33 heavy (non-hydrogen) atoms. The molecule has 1 N–H and O–H groups in total. The Balaban J connectivity index is 1.37. The van der Waals surface area contributed by atoms with E-state index in [1.54, 1.807) is 6.07 Å². The number of rotatable bonds is 5. The first-order valence-electron chi connectivity index (χ1n) is 10.9. The van der Waals surface area contributed by atoms with Crippen LogP contribution in [0, 0.1) is 12.8 Å². The number of ether oxygens (including phenoxy) is 1. The lowest BCUT2D eigenvalue weighted by Gasteiger charge is -2.29. The number of hydrogen-bond acceptors (Lipinski definition) is 4. The summed E-state index contributed by atoms with van der Waals surface area (Å²) in [5.41, 5.74) is 2.29. The topological polar surface area (TPSA) is 61.9 Å². The summed E-state index contributed by atoms with van der Waals surface area (Å²) in [6.07, 6.45) is -4.40. The third-order valence-corrected chi connectivity index (χ3v) is 6.06. The van der Waals surface area contributed by atoms with Crippen molar-refractivity contribution >= 4 is 23.2 Å². The fourth-order valence-electron chi connectivity index (χ4n) is 4.21. The van der Waals surface area contributed by atoms with Gasteiger partial charge in [-0.15, -0.1) is 0 Å². The third-order valence-electron chi connectivity index (χ3n) is 6.06. The highest BCUT2D eigenvalue weighted by Gasteiger charge is 2.35. The number of benzene rings is 2. The second-order valence-corrected chi connectivity index (χ2v) is 8.46. The molecule has 0 bridgehead atoms. The van der Waals surface area contributed by atoms with Gasteiger partial charge in [0.2, 0.25) is 11.8 Å². The number of anilines is 2. The van der Waals surface area contributed by atoms with E-state index in [1.807, 2.05) is 25.1 Å². The van der Waals surface area contributed by atoms with E-state index < -0.39 is 17.7 Å². The summed E-state index contributed by atoms with van der Waals surface area (Å²) in [4.78, 5) is 28.9. The van der Waals surface area contributed by atoms with Gasteiger partial charge in [0.15, 0.2) is 0 Å². The van der Waals surface area contributed by atoms with Gasteiger partial charge in [0.05, 0.1) is 24.7 Å². The smallest absolute Gasteiger partial charge is 0.378 e. The summed E-state index contributed by atoms with van der Waals surface area (Å²) < 4.78 is 44.2. The number of halogens is 3. The first-order chi connectivity index (χ1) is 15.7. The zero-order valence-electron chi connectivity index (χ0n) is 18.3. The number of hydrogen-bond donors (Lipinski definition) is 1. The van der Waals surface area contributed by atoms with Crippen LogP contribution in [0.1, 0.15) is 23.1 Å². The number of amides is 2. The molecule has 2 fully saturated rings. The Bertz CT molecular complexity index is 1040. The highest BCUT2D eigenvalue weighted by molar-refractivity contribution is 5.97. The van der Waals surface area contributed by atoms with E-state index in [1.165, 1.54) is 11.0 Å². The first kappa shape index (κ1) is 23.1. The molecule has 9 heteroatoms. The van der Waals surface area contributed by atoms with Crippen LogP contribution < -0.4 is 10.2 Å². The van der Waals surface area contributed by atoms with Crippen LogP contribution in [0.4, 0.5) is 24.5 Å². The van der Waals surface area contributed by atoms with Crippen molar-refractivity contribution in [3.8, 4) is 0 Å². The second kappa shape index (κ2) is 9.43. The number of carbonyl (C=O) groups excluding carboxylic acids is 2. The minimum absolute atomic E-state index is 0.0374. The molecule has 0 saturated carbocycles. The van der Waals surface area contributed by atoms with Gasteiger partial charge in [-0.3, -0.25) is 9.59 Å². The molecule has 1 unspecified atom stereocenters. The summed E-state index contributed by atoms with van der Waals surface area (Å²) in [5.74, 6) is -1.06. The summed E-state index contributed by atoms with van der Waals surface area (Å²) in [6.45, 7) is 5.13. The predicted octanol–water partition coefficient (Wildman–Crippen LogP) is 3.84. The van der Waals surface area contributed by atoms with Crippen molar-refractivity contribution in [1.29, 1.82) is 0 Å². The highest BCUT2D eigenvalue weighted by Crippen LogP contribution is 2.31. The van der Waals surface area contributed by atoms with Gasteiger partial charge in [-0.2, -0.15) is 13.2 Å². The van der Waals surface area contributed by atoms with Gasteiger partial charge in [-0.1, -0.05) is 12.1 Å². The number of carbonyl (C=O) groups is 2. The van der Waals surface area contributed by atoms with Crippen LogP contribution in [-0.4, -0.2) is 49.6 Å². The van der Waals surface area contributed by atoms with Gasteiger partial charge in [0, 0.05) is 44.0 Å². The zero-order valence-corrected chi connectivity index (χ0v) is 18.3. The lowest BCUT2D eigenvalue weighted by atomic mass is 10.1. The van der Waals surface area contributed by atoms with E-state index in [2.05, 4.69) is 10.2 Å². The van der Waals surface area contributed by atoms with Gasteiger partial charge >= 0.3 is 6.18 Å². The average Bonchev–Trinajstić information content (AvgIpc) is 3.15. The normalized spacial score (nSPS) is 19.2. The van der Waals surface area contributed by atoms with Gasteiger partial charge in [-0.05, 0) is 48.4 Å². The fraction of sp³-hybridized carbons (Fsp3) is 0.417. The van der Waals surface area contributed by atoms with Gasteiger partial charge in [0.1, 0.15) is 0 Å². The van der Waals surface area contributed by atoms with Gasteiger partial charge < -0.3 is 19.9 Å². The van der Waals surface area contributed by atoms with Gasteiger partial charge in [0.25, 0.3) is 0 Å². The highest BCUT2D eigenvalue weighted by atomic mass is 19.4. The minimum Gasteiger partial charge on any atom is -0.378 e. The van der Waals surface area contributed by atoms with E-state index in [-0.39, 0.29) is 31.3 Å². The Morgan fingerprint density at radius 2 is 1.91 bits per heavy atom. The number of morpholine rings is 1. The summed E-state index contributed by atoms with van der Waals surface area (Å²) >= 11 is 0. The molecule has 6 nitrogen and oxygen atoms in total. The van der Waals surface area contributed by atoms with Crippen molar-refractivity contribution in [2.24, 2.45) is 5.92 Å². The molecule has 0 spiro atoms. The molecule has 2 saturated heterocycles. The Morgan fingerprint density at radius 3 is 2.61 bits per heavy atom. The van der Waals surface area contributed by atoms with E-state index in [4.69, 9.17) is 4.74 Å². The summed E-state index contributed by atoms with van der Waals surface area (Å²) in [5, 5.41) is 2.91. The van der Waals surface area contributed by atoms with E-state index >= 15 is 0 Å². The quantitative estimate of drug-likeness (QED) is 0.735. The molecule has 2 amide bonds. The number of nitrogens with zero attached hydrogens (tertiary/aromatic N) is 2. The monoisotopic (exact) mass is 461 g/mol. The lowest BCUT2D eigenvalue weighted by Crippen LogP contribution is -2.36. The maximum Gasteiger partial charge on any atom is 0.416 e. The fourth-order valence-corrected chi connectivity index (χ4v) is 4.21. The van der Waals surface area contributed by atoms with Crippen molar-refractivity contribution in [2.75, 3.05) is 43.1 Å². The van der Waals surface area contributed by atoms with Gasteiger partial charge in [-0.25, -0.2) is 0 Å². The molecule has 1 atom stereocenters. The van der Waals surface area contributed by atoms with Crippen molar-refractivity contribution in [2.45, 2.75) is 26.1 Å². The van der Waals surface area contributed by atoms with Crippen molar-refractivity contribution in [3.05, 3.63) is 59.2 Å². The molecule has 2 aromatic rings. The molecule has 2 aliphatic heterocycles. The van der Waals surface area contributed by atoms with Crippen LogP contribution in [0.15, 0.2) is 42.5 Å².